The van der Waals surface area contributed by atoms with Gasteiger partial charge in [-0.1, -0.05) is 78.9 Å². The van der Waals surface area contributed by atoms with Crippen LogP contribution in [0.2, 0.25) is 0 Å². The van der Waals surface area contributed by atoms with E-state index >= 15 is 0 Å². The van der Waals surface area contributed by atoms with E-state index in [1.165, 1.54) is 62.3 Å². The second-order valence-corrected chi connectivity index (χ2v) is 11.8. The van der Waals surface area contributed by atoms with Crippen LogP contribution in [-0.4, -0.2) is 0 Å². The maximum absolute atomic E-state index is 2.40. The quantitative estimate of drug-likeness (QED) is 0.236. The molecule has 0 bridgehead atoms. The summed E-state index contributed by atoms with van der Waals surface area (Å²) in [6.07, 6.45) is 0. The molecule has 0 saturated carbocycles. The van der Waals surface area contributed by atoms with Crippen molar-refractivity contribution in [2.75, 3.05) is 0 Å². The molecule has 0 aliphatic rings. The number of benzene rings is 3. The highest BCUT2D eigenvalue weighted by Gasteiger charge is 2.22. The summed E-state index contributed by atoms with van der Waals surface area (Å²) in [5.41, 5.74) is 6.68. The predicted molar refractivity (Wildman–Crippen MR) is 149 cm³/mol. The van der Waals surface area contributed by atoms with Gasteiger partial charge in [0.1, 0.15) is 0 Å². The summed E-state index contributed by atoms with van der Waals surface area (Å²) in [7, 11) is 0. The smallest absolute Gasteiger partial charge is 0.0445 e. The maximum Gasteiger partial charge on any atom is 0.0445 e. The van der Waals surface area contributed by atoms with E-state index < -0.39 is 0 Å². The molecule has 0 atom stereocenters. The summed E-state index contributed by atoms with van der Waals surface area (Å²) in [5.74, 6) is 0. The number of hydrogen-bond acceptors (Lipinski definition) is 3. The van der Waals surface area contributed by atoms with Crippen molar-refractivity contribution in [1.29, 1.82) is 0 Å². The molecule has 3 aromatic heterocycles. The fraction of sp³-hybridized carbons (Fsp3) is 0.0667. The zero-order chi connectivity index (χ0) is 22.4. The third-order valence-corrected chi connectivity index (χ3v) is 9.46. The second-order valence-electron chi connectivity index (χ2n) is 8.20. The molecule has 160 valence electrons. The molecule has 0 aliphatic heterocycles. The highest BCUT2D eigenvalue weighted by atomic mass is 32.1. The van der Waals surface area contributed by atoms with Crippen molar-refractivity contribution in [2.24, 2.45) is 0 Å². The lowest BCUT2D eigenvalue weighted by molar-refractivity contribution is 1.60. The molecule has 3 heteroatoms. The number of thiophene rings is 3. The first-order chi connectivity index (χ1) is 16.2. The van der Waals surface area contributed by atoms with E-state index in [-0.39, 0.29) is 0 Å². The van der Waals surface area contributed by atoms with Crippen LogP contribution in [0.3, 0.4) is 0 Å². The largest absolute Gasteiger partial charge is 0.140 e. The van der Waals surface area contributed by atoms with Crippen LogP contribution < -0.4 is 0 Å². The van der Waals surface area contributed by atoms with E-state index in [2.05, 4.69) is 111 Å². The van der Waals surface area contributed by atoms with Crippen molar-refractivity contribution in [3.63, 3.8) is 0 Å². The van der Waals surface area contributed by atoms with Crippen LogP contribution in [0.4, 0.5) is 0 Å². The van der Waals surface area contributed by atoms with Crippen LogP contribution >= 0.6 is 34.0 Å². The Morgan fingerprint density at radius 3 is 1.67 bits per heavy atom. The van der Waals surface area contributed by atoms with Crippen LogP contribution in [-0.2, 0) is 0 Å². The maximum atomic E-state index is 2.40. The Kier molecular flexibility index (Phi) is 5.26. The highest BCUT2D eigenvalue weighted by Crippen LogP contribution is 2.50. The first-order valence-corrected chi connectivity index (χ1v) is 13.5. The summed E-state index contributed by atoms with van der Waals surface area (Å²) in [6, 6.07) is 35.1. The Morgan fingerprint density at radius 2 is 1.03 bits per heavy atom. The van der Waals surface area contributed by atoms with Crippen LogP contribution in [0.1, 0.15) is 9.75 Å². The Hall–Kier alpha value is -2.98. The van der Waals surface area contributed by atoms with Crippen LogP contribution in [0.15, 0.2) is 97.1 Å². The van der Waals surface area contributed by atoms with Gasteiger partial charge in [0.05, 0.1) is 0 Å². The van der Waals surface area contributed by atoms with Gasteiger partial charge in [-0.25, -0.2) is 0 Å². The lowest BCUT2D eigenvalue weighted by atomic mass is 9.98. The van der Waals surface area contributed by atoms with Gasteiger partial charge < -0.3 is 0 Å². The fourth-order valence-corrected chi connectivity index (χ4v) is 7.85. The normalized spacial score (nSPS) is 11.3. The highest BCUT2D eigenvalue weighted by molar-refractivity contribution is 7.24. The predicted octanol–water partition coefficient (Wildman–Crippen LogP) is 10.3. The molecule has 3 aromatic carbocycles. The van der Waals surface area contributed by atoms with Gasteiger partial charge in [0.25, 0.3) is 0 Å². The van der Waals surface area contributed by atoms with Gasteiger partial charge in [0.2, 0.25) is 0 Å². The molecule has 0 saturated heterocycles. The first-order valence-electron chi connectivity index (χ1n) is 11.0. The number of rotatable bonds is 4. The molecule has 0 fully saturated rings. The molecule has 3 heterocycles. The third-order valence-electron chi connectivity index (χ3n) is 6.06. The summed E-state index contributed by atoms with van der Waals surface area (Å²) < 4.78 is 1.35. The van der Waals surface area contributed by atoms with E-state index in [1.54, 1.807) is 0 Å². The Balaban J connectivity index is 1.57. The van der Waals surface area contributed by atoms with Crippen molar-refractivity contribution in [1.82, 2.24) is 0 Å². The number of fused-ring (bicyclic) bond motifs is 1. The molecule has 0 N–H and O–H groups in total. The van der Waals surface area contributed by atoms with Gasteiger partial charge in [-0.05, 0) is 48.7 Å². The molecule has 0 amide bonds. The van der Waals surface area contributed by atoms with Gasteiger partial charge in [-0.2, -0.15) is 0 Å². The molecule has 0 spiro atoms. The minimum atomic E-state index is 1.29. The van der Waals surface area contributed by atoms with Crippen LogP contribution in [0.25, 0.3) is 52.5 Å². The molecular weight excluding hydrogens is 457 g/mol. The monoisotopic (exact) mass is 478 g/mol. The van der Waals surface area contributed by atoms with E-state index in [9.17, 15) is 0 Å². The lowest BCUT2D eigenvalue weighted by Crippen LogP contribution is -1.80. The Morgan fingerprint density at radius 1 is 0.515 bits per heavy atom. The number of aryl methyl sites for hydroxylation is 2. The zero-order valence-corrected chi connectivity index (χ0v) is 20.9. The number of hydrogen-bond donors (Lipinski definition) is 0. The van der Waals surface area contributed by atoms with Crippen molar-refractivity contribution in [3.05, 3.63) is 107 Å². The van der Waals surface area contributed by atoms with Crippen molar-refractivity contribution in [3.8, 4) is 42.4 Å². The standard InChI is InChI=1S/C30H22S3/c1-19-24(17-27(31-19)21-11-5-3-6-12-21)29-23-15-9-10-16-26(23)33-30(29)25-18-28(32-20(25)2)22-13-7-4-8-14-22/h3-18H,1-2H3. The van der Waals surface area contributed by atoms with Crippen molar-refractivity contribution < 1.29 is 0 Å². The van der Waals surface area contributed by atoms with Gasteiger partial charge in [-0.3, -0.25) is 0 Å². The molecule has 0 unspecified atom stereocenters. The molecule has 6 rings (SSSR count). The van der Waals surface area contributed by atoms with E-state index in [4.69, 9.17) is 0 Å². The van der Waals surface area contributed by atoms with Gasteiger partial charge in [0, 0.05) is 45.6 Å². The first kappa shape index (κ1) is 20.6. The fourth-order valence-electron chi connectivity index (χ4n) is 4.43. The summed E-state index contributed by atoms with van der Waals surface area (Å²) in [4.78, 5) is 6.79. The summed E-state index contributed by atoms with van der Waals surface area (Å²) >= 11 is 5.70. The van der Waals surface area contributed by atoms with E-state index in [0.29, 0.717) is 0 Å². The second kappa shape index (κ2) is 8.42. The van der Waals surface area contributed by atoms with Crippen molar-refractivity contribution >= 4 is 44.1 Å². The lowest BCUT2D eigenvalue weighted by Gasteiger charge is -2.05. The van der Waals surface area contributed by atoms with Gasteiger partial charge in [-0.15, -0.1) is 34.0 Å². The molecule has 0 aliphatic carbocycles. The third kappa shape index (κ3) is 3.67. The van der Waals surface area contributed by atoms with Gasteiger partial charge >= 0.3 is 0 Å². The van der Waals surface area contributed by atoms with Crippen molar-refractivity contribution in [2.45, 2.75) is 13.8 Å². The average Bonchev–Trinajstić information content (AvgIpc) is 3.54. The zero-order valence-electron chi connectivity index (χ0n) is 18.5. The summed E-state index contributed by atoms with van der Waals surface area (Å²) in [6.45, 7) is 4.52. The summed E-state index contributed by atoms with van der Waals surface area (Å²) in [5, 5.41) is 1.35. The molecular formula is C30H22S3. The van der Waals surface area contributed by atoms with Crippen LogP contribution in [0, 0.1) is 13.8 Å². The average molecular weight is 479 g/mol. The minimum absolute atomic E-state index is 1.29. The minimum Gasteiger partial charge on any atom is -0.140 e. The van der Waals surface area contributed by atoms with Gasteiger partial charge in [0.15, 0.2) is 0 Å². The van der Waals surface area contributed by atoms with E-state index in [0.717, 1.165) is 0 Å². The van der Waals surface area contributed by atoms with Crippen LogP contribution in [0.5, 0.6) is 0 Å². The molecule has 0 nitrogen and oxygen atoms in total. The van der Waals surface area contributed by atoms with E-state index in [1.807, 2.05) is 34.0 Å². The molecule has 0 radical (unpaired) electrons. The Bertz CT molecular complexity index is 1560. The topological polar surface area (TPSA) is 0 Å². The molecule has 33 heavy (non-hydrogen) atoms. The SMILES string of the molecule is Cc1sc(-c2ccccc2)cc1-c1sc2ccccc2c1-c1cc(-c2ccccc2)sc1C. The Labute approximate surface area is 206 Å². The molecule has 6 aromatic rings.